The highest BCUT2D eigenvalue weighted by atomic mass is 19.4. The Morgan fingerprint density at radius 3 is 1.98 bits per heavy atom. The molecule has 0 bridgehead atoms. The van der Waals surface area contributed by atoms with E-state index in [2.05, 4.69) is 0 Å². The van der Waals surface area contributed by atoms with E-state index in [1.54, 1.807) is 42.5 Å². The summed E-state index contributed by atoms with van der Waals surface area (Å²) in [6, 6.07) is 15.6. The van der Waals surface area contributed by atoms with E-state index in [0.717, 1.165) is 12.8 Å². The summed E-state index contributed by atoms with van der Waals surface area (Å²) in [4.78, 5) is 36.9. The van der Waals surface area contributed by atoms with Gasteiger partial charge in [0.1, 0.15) is 5.75 Å². The summed E-state index contributed by atoms with van der Waals surface area (Å²) in [5.41, 5.74) is 13.4. The Bertz CT molecular complexity index is 1540. The number of esters is 3. The lowest BCUT2D eigenvalue weighted by Crippen LogP contribution is -2.09. The van der Waals surface area contributed by atoms with Crippen molar-refractivity contribution in [1.82, 2.24) is 0 Å². The molecular formula is C36H41F3N2O8. The van der Waals surface area contributed by atoms with E-state index in [1.807, 2.05) is 0 Å². The largest absolute Gasteiger partial charge is 0.493 e. The van der Waals surface area contributed by atoms with Crippen LogP contribution in [0.4, 0.5) is 24.5 Å². The zero-order chi connectivity index (χ0) is 35.6. The smallest absolute Gasteiger partial charge is 0.389 e. The summed E-state index contributed by atoms with van der Waals surface area (Å²) in [6.07, 6.45) is 1.68. The summed E-state index contributed by atoms with van der Waals surface area (Å²) in [6.45, 7) is 0.723. The minimum atomic E-state index is -4.16. The first-order valence-electron chi connectivity index (χ1n) is 15.8. The summed E-state index contributed by atoms with van der Waals surface area (Å²) >= 11 is 0. The molecule has 0 aromatic heterocycles. The average Bonchev–Trinajstić information content (AvgIpc) is 3.06. The van der Waals surface area contributed by atoms with Crippen LogP contribution in [0.3, 0.4) is 0 Å². The van der Waals surface area contributed by atoms with Crippen molar-refractivity contribution in [3.8, 4) is 17.2 Å². The van der Waals surface area contributed by atoms with Crippen molar-refractivity contribution >= 4 is 35.4 Å². The molecule has 0 heterocycles. The van der Waals surface area contributed by atoms with Gasteiger partial charge in [-0.25, -0.2) is 14.4 Å². The maximum absolute atomic E-state index is 12.7. The normalized spacial score (nSPS) is 11.3. The fourth-order valence-corrected chi connectivity index (χ4v) is 4.50. The third kappa shape index (κ3) is 14.6. The number of nitrogens with two attached hydrogens (primary N) is 2. The first kappa shape index (κ1) is 38.2. The highest BCUT2D eigenvalue weighted by molar-refractivity contribution is 5.92. The molecule has 264 valence electrons. The van der Waals surface area contributed by atoms with E-state index in [9.17, 15) is 27.6 Å². The molecule has 10 nitrogen and oxygen atoms in total. The van der Waals surface area contributed by atoms with E-state index in [1.165, 1.54) is 37.5 Å². The lowest BCUT2D eigenvalue weighted by atomic mass is 10.2. The second-order valence-electron chi connectivity index (χ2n) is 11.0. The van der Waals surface area contributed by atoms with E-state index in [0.29, 0.717) is 53.9 Å². The fraction of sp³-hybridized carbons (Fsp3) is 0.361. The Balaban J connectivity index is 1.31. The van der Waals surface area contributed by atoms with Crippen molar-refractivity contribution in [2.75, 3.05) is 38.4 Å². The van der Waals surface area contributed by atoms with Crippen molar-refractivity contribution in [3.05, 3.63) is 83.4 Å². The van der Waals surface area contributed by atoms with Gasteiger partial charge in [-0.15, -0.1) is 0 Å². The number of alkyl halides is 3. The van der Waals surface area contributed by atoms with Crippen LogP contribution in [0.1, 0.15) is 77.6 Å². The second kappa shape index (κ2) is 19.6. The molecule has 0 saturated carbocycles. The van der Waals surface area contributed by atoms with E-state index in [4.69, 9.17) is 35.2 Å². The lowest BCUT2D eigenvalue weighted by molar-refractivity contribution is -0.138. The monoisotopic (exact) mass is 686 g/mol. The van der Waals surface area contributed by atoms with Crippen LogP contribution >= 0.6 is 0 Å². The molecule has 13 heteroatoms. The van der Waals surface area contributed by atoms with Crippen molar-refractivity contribution < 1.29 is 51.2 Å². The van der Waals surface area contributed by atoms with Crippen LogP contribution in [0.15, 0.2) is 66.7 Å². The minimum absolute atomic E-state index is 0.0364. The summed E-state index contributed by atoms with van der Waals surface area (Å²) in [5, 5.41) is 0. The number of ether oxygens (including phenoxy) is 5. The maximum Gasteiger partial charge on any atom is 0.389 e. The van der Waals surface area contributed by atoms with Gasteiger partial charge in [-0.1, -0.05) is 12.1 Å². The van der Waals surface area contributed by atoms with Crippen LogP contribution in [0.5, 0.6) is 17.2 Å². The van der Waals surface area contributed by atoms with Crippen LogP contribution in [0.2, 0.25) is 0 Å². The van der Waals surface area contributed by atoms with Gasteiger partial charge in [-0.05, 0) is 105 Å². The van der Waals surface area contributed by atoms with Gasteiger partial charge in [0.15, 0.2) is 11.5 Å². The number of hydrogen-bond donors (Lipinski definition) is 2. The zero-order valence-electron chi connectivity index (χ0n) is 27.3. The molecule has 4 N–H and O–H groups in total. The number of nitrogen functional groups attached to an aromatic ring is 2. The molecule has 0 fully saturated rings. The predicted molar refractivity (Wildman–Crippen MR) is 178 cm³/mol. The summed E-state index contributed by atoms with van der Waals surface area (Å²) in [5.74, 6) is -0.668. The SMILES string of the molecule is COc1cc(C(=O)Oc2ccc(/C=C/C(=O)OCCCCCCOC(=O)c3cc(N)cc(N)c3)cc2)ccc1OCCCCCC(F)(F)F. The molecule has 3 rings (SSSR count). The molecule has 0 aliphatic rings. The highest BCUT2D eigenvalue weighted by Gasteiger charge is 2.25. The van der Waals surface area contributed by atoms with Gasteiger partial charge in [0, 0.05) is 23.9 Å². The number of unbranched alkanes of at least 4 members (excludes halogenated alkanes) is 5. The van der Waals surface area contributed by atoms with Crippen LogP contribution in [-0.4, -0.2) is 51.0 Å². The lowest BCUT2D eigenvalue weighted by Gasteiger charge is -2.12. The molecule has 0 atom stereocenters. The highest BCUT2D eigenvalue weighted by Crippen LogP contribution is 2.29. The summed E-state index contributed by atoms with van der Waals surface area (Å²) in [7, 11) is 1.41. The molecule has 0 aliphatic carbocycles. The third-order valence-corrected chi connectivity index (χ3v) is 6.99. The third-order valence-electron chi connectivity index (χ3n) is 6.99. The number of methoxy groups -OCH3 is 1. The number of benzene rings is 3. The topological polar surface area (TPSA) is 149 Å². The van der Waals surface area contributed by atoms with Crippen molar-refractivity contribution in [2.24, 2.45) is 0 Å². The fourth-order valence-electron chi connectivity index (χ4n) is 4.50. The standard InChI is InChI=1S/C36H41F3N2O8/c1-45-32-23-26(12-15-31(32)46-18-8-4-5-17-36(37,38)39)35(44)49-30-13-9-25(10-14-30)11-16-33(42)47-19-6-2-3-7-20-48-34(43)27-21-28(40)24-29(41)22-27/h9-16,21-24H,2-8,17-20,40-41H2,1H3/b16-11+. The molecular weight excluding hydrogens is 645 g/mol. The number of carbonyl (C=O) groups excluding carboxylic acids is 3. The Morgan fingerprint density at radius 2 is 1.33 bits per heavy atom. The first-order chi connectivity index (χ1) is 23.4. The Labute approximate surface area is 283 Å². The van der Waals surface area contributed by atoms with Gasteiger partial charge in [-0.3, -0.25) is 0 Å². The second-order valence-corrected chi connectivity index (χ2v) is 11.0. The number of hydrogen-bond acceptors (Lipinski definition) is 10. The molecule has 0 aliphatic heterocycles. The Hall–Kier alpha value is -5.20. The quantitative estimate of drug-likeness (QED) is 0.0425. The minimum Gasteiger partial charge on any atom is -0.493 e. The van der Waals surface area contributed by atoms with Crippen LogP contribution in [0.25, 0.3) is 6.08 Å². The molecule has 0 saturated heterocycles. The molecule has 3 aromatic rings. The zero-order valence-corrected chi connectivity index (χ0v) is 27.3. The molecule has 3 aromatic carbocycles. The average molecular weight is 687 g/mol. The van der Waals surface area contributed by atoms with Crippen LogP contribution in [-0.2, 0) is 14.3 Å². The van der Waals surface area contributed by atoms with Crippen molar-refractivity contribution in [1.29, 1.82) is 0 Å². The molecule has 0 spiro atoms. The van der Waals surface area contributed by atoms with Gasteiger partial charge in [0.25, 0.3) is 0 Å². The number of halogens is 3. The number of anilines is 2. The van der Waals surface area contributed by atoms with Gasteiger partial charge in [-0.2, -0.15) is 13.2 Å². The molecule has 49 heavy (non-hydrogen) atoms. The van der Waals surface area contributed by atoms with Crippen molar-refractivity contribution in [3.63, 3.8) is 0 Å². The van der Waals surface area contributed by atoms with Crippen molar-refractivity contribution in [2.45, 2.75) is 57.5 Å². The molecule has 0 radical (unpaired) electrons. The van der Waals surface area contributed by atoms with Crippen LogP contribution < -0.4 is 25.7 Å². The van der Waals surface area contributed by atoms with E-state index < -0.39 is 30.5 Å². The predicted octanol–water partition coefficient (Wildman–Crippen LogP) is 7.55. The number of carbonyl (C=O) groups is 3. The van der Waals surface area contributed by atoms with Gasteiger partial charge in [0.05, 0.1) is 38.1 Å². The first-order valence-corrected chi connectivity index (χ1v) is 15.8. The Kier molecular flexibility index (Phi) is 15.3. The van der Waals surface area contributed by atoms with Crippen LogP contribution in [0, 0.1) is 0 Å². The van der Waals surface area contributed by atoms with E-state index in [-0.39, 0.29) is 43.3 Å². The van der Waals surface area contributed by atoms with Gasteiger partial charge < -0.3 is 35.2 Å². The Morgan fingerprint density at radius 1 is 0.694 bits per heavy atom. The summed E-state index contributed by atoms with van der Waals surface area (Å²) < 4.78 is 63.6. The number of rotatable bonds is 19. The molecule has 0 amide bonds. The van der Waals surface area contributed by atoms with Gasteiger partial charge >= 0.3 is 24.1 Å². The van der Waals surface area contributed by atoms with E-state index >= 15 is 0 Å². The molecule has 0 unspecified atom stereocenters. The van der Waals surface area contributed by atoms with Gasteiger partial charge in [0.2, 0.25) is 0 Å². The maximum atomic E-state index is 12.7.